The van der Waals surface area contributed by atoms with Gasteiger partial charge in [-0.3, -0.25) is 9.52 Å². The van der Waals surface area contributed by atoms with E-state index in [4.69, 9.17) is 14.5 Å². The molecule has 0 fully saturated rings. The number of anilines is 2. The van der Waals surface area contributed by atoms with Crippen LogP contribution >= 0.6 is 11.8 Å². The number of thioether (sulfide) groups is 1. The van der Waals surface area contributed by atoms with E-state index >= 15 is 0 Å². The highest BCUT2D eigenvalue weighted by atomic mass is 32.2. The number of rotatable bonds is 12. The zero-order valence-corrected chi connectivity index (χ0v) is 25.0. The predicted molar refractivity (Wildman–Crippen MR) is 168 cm³/mol. The summed E-state index contributed by atoms with van der Waals surface area (Å²) < 4.78 is 38.2. The van der Waals surface area contributed by atoms with Gasteiger partial charge >= 0.3 is 0 Å². The highest BCUT2D eigenvalue weighted by Crippen LogP contribution is 2.34. The number of nitrogens with zero attached hydrogens (tertiary/aromatic N) is 2. The molecule has 2 aromatic heterocycles. The summed E-state index contributed by atoms with van der Waals surface area (Å²) in [6, 6.07) is 26.3. The van der Waals surface area contributed by atoms with E-state index in [9.17, 15) is 13.2 Å². The molecule has 0 aliphatic heterocycles. The number of pyridine rings is 1. The van der Waals surface area contributed by atoms with Crippen LogP contribution in [-0.4, -0.2) is 49.2 Å². The van der Waals surface area contributed by atoms with Crippen molar-refractivity contribution in [1.29, 1.82) is 0 Å². The first-order valence-electron chi connectivity index (χ1n) is 13.2. The molecule has 5 aromatic rings. The molecule has 10 nitrogen and oxygen atoms in total. The summed E-state index contributed by atoms with van der Waals surface area (Å²) in [6.07, 6.45) is 1.72. The lowest BCUT2D eigenvalue weighted by atomic mass is 10.0. The third-order valence-electron chi connectivity index (χ3n) is 6.34. The largest absolute Gasteiger partial charge is 0.497 e. The molecule has 0 unspecified atom stereocenters. The lowest BCUT2D eigenvalue weighted by Crippen LogP contribution is -2.15. The van der Waals surface area contributed by atoms with Crippen LogP contribution in [0, 0.1) is 0 Å². The Morgan fingerprint density at radius 3 is 2.12 bits per heavy atom. The fourth-order valence-corrected chi connectivity index (χ4v) is 5.96. The fraction of sp³-hybridized carbons (Fsp3) is 0.129. The summed E-state index contributed by atoms with van der Waals surface area (Å²) in [7, 11) is -0.554. The first kappa shape index (κ1) is 29.7. The van der Waals surface area contributed by atoms with Crippen LogP contribution in [0.15, 0.2) is 107 Å². The molecule has 1 amide bonds. The van der Waals surface area contributed by atoms with E-state index in [0.29, 0.717) is 16.6 Å². The number of carbonyl (C=O) groups excluding carboxylic acids is 1. The Balaban J connectivity index is 1.22. The molecule has 0 spiro atoms. The number of methoxy groups -OCH3 is 2. The fourth-order valence-electron chi connectivity index (χ4n) is 4.15. The Labute approximate surface area is 254 Å². The van der Waals surface area contributed by atoms with E-state index in [-0.39, 0.29) is 23.0 Å². The van der Waals surface area contributed by atoms with Gasteiger partial charge < -0.3 is 19.8 Å². The third-order valence-corrected chi connectivity index (χ3v) is 8.59. The van der Waals surface area contributed by atoms with Crippen LogP contribution in [-0.2, 0) is 14.8 Å². The molecule has 43 heavy (non-hydrogen) atoms. The van der Waals surface area contributed by atoms with Gasteiger partial charge in [0.25, 0.3) is 10.0 Å². The summed E-state index contributed by atoms with van der Waals surface area (Å²) in [5, 5.41) is 3.49. The van der Waals surface area contributed by atoms with Gasteiger partial charge in [-0.15, -0.1) is 0 Å². The Bertz CT molecular complexity index is 1710. The number of aromatic amines is 1. The van der Waals surface area contributed by atoms with Crippen LogP contribution in [0.5, 0.6) is 11.5 Å². The molecule has 0 bridgehead atoms. The van der Waals surface area contributed by atoms with Crippen molar-refractivity contribution in [2.45, 2.75) is 16.5 Å². The average molecular weight is 616 g/mol. The minimum absolute atomic E-state index is 0.0601. The second kappa shape index (κ2) is 13.4. The van der Waals surface area contributed by atoms with Crippen molar-refractivity contribution >= 4 is 39.2 Å². The number of aromatic nitrogens is 3. The van der Waals surface area contributed by atoms with Crippen molar-refractivity contribution < 1.29 is 22.7 Å². The summed E-state index contributed by atoms with van der Waals surface area (Å²) in [5.74, 6) is 2.01. The molecule has 5 rings (SSSR count). The normalized spacial score (nSPS) is 11.1. The molecule has 0 aliphatic carbocycles. The van der Waals surface area contributed by atoms with Gasteiger partial charge in [0.05, 0.1) is 30.5 Å². The van der Waals surface area contributed by atoms with Gasteiger partial charge in [0.1, 0.15) is 17.3 Å². The van der Waals surface area contributed by atoms with Crippen LogP contribution in [0.2, 0.25) is 0 Å². The SMILES string of the molecule is COc1ccc(-c2nc(SCCC(=O)Nc3ccc(S(=O)(=O)Nc4ccccn4)cc3)[nH]c2-c2ccc(OC)cc2)cc1. The number of amides is 1. The van der Waals surface area contributed by atoms with Crippen LogP contribution in [0.25, 0.3) is 22.5 Å². The molecule has 2 heterocycles. The molecule has 0 saturated carbocycles. The molecule has 0 saturated heterocycles. The smallest absolute Gasteiger partial charge is 0.263 e. The number of nitrogens with one attached hydrogen (secondary N) is 3. The molecule has 3 aromatic carbocycles. The minimum atomic E-state index is -3.80. The number of imidazole rings is 1. The number of sulfonamides is 1. The predicted octanol–water partition coefficient (Wildman–Crippen LogP) is 6.08. The topological polar surface area (TPSA) is 135 Å². The summed E-state index contributed by atoms with van der Waals surface area (Å²) in [5.41, 5.74) is 4.01. The van der Waals surface area contributed by atoms with E-state index in [0.717, 1.165) is 34.0 Å². The van der Waals surface area contributed by atoms with Gasteiger partial charge in [0.2, 0.25) is 5.91 Å². The second-order valence-corrected chi connectivity index (χ2v) is 12.0. The number of hydrogen-bond donors (Lipinski definition) is 3. The van der Waals surface area contributed by atoms with Crippen LogP contribution in [0.4, 0.5) is 11.5 Å². The van der Waals surface area contributed by atoms with Crippen LogP contribution in [0.3, 0.4) is 0 Å². The molecular weight excluding hydrogens is 587 g/mol. The zero-order chi connectivity index (χ0) is 30.2. The second-order valence-electron chi connectivity index (χ2n) is 9.21. The first-order valence-corrected chi connectivity index (χ1v) is 15.7. The van der Waals surface area contributed by atoms with Gasteiger partial charge in [0, 0.05) is 35.2 Å². The monoisotopic (exact) mass is 615 g/mol. The van der Waals surface area contributed by atoms with Crippen LogP contribution < -0.4 is 19.5 Å². The highest BCUT2D eigenvalue weighted by molar-refractivity contribution is 7.99. The maximum absolute atomic E-state index is 12.6. The molecular formula is C31H29N5O5S2. The Morgan fingerprint density at radius 1 is 0.860 bits per heavy atom. The maximum Gasteiger partial charge on any atom is 0.263 e. The number of benzene rings is 3. The molecule has 12 heteroatoms. The standard InChI is InChI=1S/C31H29N5O5S2/c1-40-24-12-6-21(7-13-24)29-30(22-8-14-25(41-2)15-9-22)35-31(34-29)42-20-18-28(37)33-23-10-16-26(17-11-23)43(38,39)36-27-5-3-4-19-32-27/h3-17,19H,18,20H2,1-2H3,(H,32,36)(H,33,37)(H,34,35). The molecule has 220 valence electrons. The van der Waals surface area contributed by atoms with Crippen LogP contribution in [0.1, 0.15) is 6.42 Å². The van der Waals surface area contributed by atoms with Crippen molar-refractivity contribution in [2.75, 3.05) is 30.0 Å². The van der Waals surface area contributed by atoms with E-state index in [1.165, 1.54) is 30.1 Å². The number of hydrogen-bond acceptors (Lipinski definition) is 8. The Morgan fingerprint density at radius 2 is 1.51 bits per heavy atom. The van der Waals surface area contributed by atoms with Gasteiger partial charge in [0.15, 0.2) is 5.16 Å². The lowest BCUT2D eigenvalue weighted by molar-refractivity contribution is -0.115. The van der Waals surface area contributed by atoms with E-state index < -0.39 is 10.0 Å². The quantitative estimate of drug-likeness (QED) is 0.144. The lowest BCUT2D eigenvalue weighted by Gasteiger charge is -2.09. The van der Waals surface area contributed by atoms with Gasteiger partial charge in [-0.2, -0.15) is 0 Å². The minimum Gasteiger partial charge on any atom is -0.497 e. The van der Waals surface area contributed by atoms with Crippen molar-refractivity contribution in [3.63, 3.8) is 0 Å². The van der Waals surface area contributed by atoms with Gasteiger partial charge in [-0.1, -0.05) is 17.8 Å². The average Bonchev–Trinajstić information content (AvgIpc) is 3.46. The molecule has 0 radical (unpaired) electrons. The third kappa shape index (κ3) is 7.53. The summed E-state index contributed by atoms with van der Waals surface area (Å²) in [4.78, 5) is 24.9. The zero-order valence-electron chi connectivity index (χ0n) is 23.4. The van der Waals surface area contributed by atoms with Gasteiger partial charge in [-0.25, -0.2) is 18.4 Å². The Kier molecular flexibility index (Phi) is 9.28. The van der Waals surface area contributed by atoms with Crippen molar-refractivity contribution in [1.82, 2.24) is 15.0 Å². The maximum atomic E-state index is 12.6. The molecule has 0 atom stereocenters. The Hall–Kier alpha value is -4.81. The van der Waals surface area contributed by atoms with E-state index in [2.05, 4.69) is 20.0 Å². The summed E-state index contributed by atoms with van der Waals surface area (Å²) in [6.45, 7) is 0. The molecule has 0 aliphatic rings. The number of H-pyrrole nitrogens is 1. The first-order chi connectivity index (χ1) is 20.8. The molecule has 3 N–H and O–H groups in total. The number of carbonyl (C=O) groups is 1. The van der Waals surface area contributed by atoms with Crippen molar-refractivity contribution in [3.05, 3.63) is 97.2 Å². The highest BCUT2D eigenvalue weighted by Gasteiger charge is 2.17. The van der Waals surface area contributed by atoms with Crippen molar-refractivity contribution in [3.8, 4) is 34.0 Å². The van der Waals surface area contributed by atoms with E-state index in [1.807, 2.05) is 48.5 Å². The van der Waals surface area contributed by atoms with Crippen molar-refractivity contribution in [2.24, 2.45) is 0 Å². The number of ether oxygens (including phenoxy) is 2. The van der Waals surface area contributed by atoms with E-state index in [1.54, 1.807) is 44.6 Å². The van der Waals surface area contributed by atoms with Gasteiger partial charge in [-0.05, 0) is 84.9 Å². The summed E-state index contributed by atoms with van der Waals surface area (Å²) >= 11 is 1.44.